The molecule has 166 valence electrons. The molecule has 1 amide bonds. The van der Waals surface area contributed by atoms with Gasteiger partial charge in [0, 0.05) is 19.2 Å². The SMILES string of the molecule is CCOC(C(=O)N/N=C/c1cc(OC)c(Br)c(OC)c1)c1ccc2c(c1)OCCN2C. The van der Waals surface area contributed by atoms with Crippen molar-refractivity contribution in [1.82, 2.24) is 5.43 Å². The molecule has 0 spiro atoms. The number of hydrogen-bond donors (Lipinski definition) is 1. The van der Waals surface area contributed by atoms with Gasteiger partial charge >= 0.3 is 0 Å². The van der Waals surface area contributed by atoms with Crippen LogP contribution in [0.4, 0.5) is 5.69 Å². The minimum atomic E-state index is -0.808. The molecule has 3 rings (SSSR count). The predicted octanol–water partition coefficient (Wildman–Crippen LogP) is 3.52. The van der Waals surface area contributed by atoms with E-state index in [9.17, 15) is 4.79 Å². The van der Waals surface area contributed by atoms with Crippen LogP contribution in [0.3, 0.4) is 0 Å². The van der Waals surface area contributed by atoms with E-state index in [1.165, 1.54) is 6.21 Å². The first-order chi connectivity index (χ1) is 15.0. The van der Waals surface area contributed by atoms with Crippen molar-refractivity contribution >= 4 is 33.7 Å². The summed E-state index contributed by atoms with van der Waals surface area (Å²) in [6.45, 7) is 3.64. The zero-order chi connectivity index (χ0) is 22.4. The van der Waals surface area contributed by atoms with Crippen molar-refractivity contribution in [3.63, 3.8) is 0 Å². The van der Waals surface area contributed by atoms with Crippen LogP contribution >= 0.6 is 15.9 Å². The maximum Gasteiger partial charge on any atom is 0.273 e. The van der Waals surface area contributed by atoms with Crippen LogP contribution in [0, 0.1) is 0 Å². The normalized spacial score (nSPS) is 14.0. The molecule has 1 aliphatic heterocycles. The standard InChI is InChI=1S/C22H26BrN3O5/c1-5-30-21(15-6-7-16-17(12-15)31-9-8-26(16)2)22(27)25-24-13-14-10-18(28-3)20(23)19(11-14)29-4/h6-7,10-13,21H,5,8-9H2,1-4H3,(H,25,27)/b24-13+. The number of nitrogens with one attached hydrogen (secondary N) is 1. The fourth-order valence-electron chi connectivity index (χ4n) is 3.22. The van der Waals surface area contributed by atoms with Gasteiger partial charge in [0.25, 0.3) is 5.91 Å². The van der Waals surface area contributed by atoms with E-state index >= 15 is 0 Å². The molecule has 0 fully saturated rings. The highest BCUT2D eigenvalue weighted by molar-refractivity contribution is 9.10. The molecular weight excluding hydrogens is 466 g/mol. The molecule has 2 aromatic carbocycles. The van der Waals surface area contributed by atoms with Crippen molar-refractivity contribution in [2.75, 3.05) is 45.9 Å². The predicted molar refractivity (Wildman–Crippen MR) is 123 cm³/mol. The van der Waals surface area contributed by atoms with Crippen molar-refractivity contribution in [3.8, 4) is 17.2 Å². The molecule has 1 atom stereocenters. The highest BCUT2D eigenvalue weighted by atomic mass is 79.9. The van der Waals surface area contributed by atoms with Gasteiger partial charge in [0.1, 0.15) is 28.3 Å². The third kappa shape index (κ3) is 5.29. The van der Waals surface area contributed by atoms with E-state index in [-0.39, 0.29) is 5.91 Å². The molecule has 2 aromatic rings. The summed E-state index contributed by atoms with van der Waals surface area (Å²) in [5.74, 6) is 1.55. The lowest BCUT2D eigenvalue weighted by Gasteiger charge is -2.28. The first-order valence-electron chi connectivity index (χ1n) is 9.82. The monoisotopic (exact) mass is 491 g/mol. The Bertz CT molecular complexity index is 941. The van der Waals surface area contributed by atoms with Crippen LogP contribution in [0.5, 0.6) is 17.2 Å². The van der Waals surface area contributed by atoms with Crippen LogP contribution in [0.15, 0.2) is 39.9 Å². The number of carbonyl (C=O) groups excluding carboxylic acids is 1. The largest absolute Gasteiger partial charge is 0.495 e. The molecule has 9 heteroatoms. The minimum absolute atomic E-state index is 0.376. The lowest BCUT2D eigenvalue weighted by molar-refractivity contribution is -0.132. The maximum absolute atomic E-state index is 12.8. The van der Waals surface area contributed by atoms with Gasteiger partial charge in [-0.2, -0.15) is 5.10 Å². The van der Waals surface area contributed by atoms with Gasteiger partial charge in [0.05, 0.1) is 32.7 Å². The highest BCUT2D eigenvalue weighted by Crippen LogP contribution is 2.35. The number of rotatable bonds is 8. The number of methoxy groups -OCH3 is 2. The van der Waals surface area contributed by atoms with Gasteiger partial charge in [0.15, 0.2) is 6.10 Å². The van der Waals surface area contributed by atoms with Gasteiger partial charge in [0.2, 0.25) is 0 Å². The molecule has 1 unspecified atom stereocenters. The average Bonchev–Trinajstić information content (AvgIpc) is 2.78. The van der Waals surface area contributed by atoms with E-state index in [1.54, 1.807) is 26.4 Å². The van der Waals surface area contributed by atoms with E-state index in [1.807, 2.05) is 32.2 Å². The Balaban J connectivity index is 1.76. The molecule has 1 N–H and O–H groups in total. The number of hydrazone groups is 1. The summed E-state index contributed by atoms with van der Waals surface area (Å²) in [6.07, 6.45) is 0.709. The number of ether oxygens (including phenoxy) is 4. The first-order valence-corrected chi connectivity index (χ1v) is 10.6. The zero-order valence-corrected chi connectivity index (χ0v) is 19.6. The number of carbonyl (C=O) groups is 1. The van der Waals surface area contributed by atoms with E-state index in [4.69, 9.17) is 18.9 Å². The van der Waals surface area contributed by atoms with E-state index in [0.29, 0.717) is 40.3 Å². The van der Waals surface area contributed by atoms with E-state index < -0.39 is 6.10 Å². The molecule has 0 radical (unpaired) electrons. The summed E-state index contributed by atoms with van der Waals surface area (Å²) in [7, 11) is 5.14. The second kappa shape index (κ2) is 10.5. The lowest BCUT2D eigenvalue weighted by atomic mass is 10.1. The molecule has 0 saturated heterocycles. The minimum Gasteiger partial charge on any atom is -0.495 e. The van der Waals surface area contributed by atoms with Gasteiger partial charge in [-0.3, -0.25) is 4.79 Å². The summed E-state index contributed by atoms with van der Waals surface area (Å²) in [5.41, 5.74) is 4.95. The number of anilines is 1. The second-order valence-electron chi connectivity index (χ2n) is 6.81. The smallest absolute Gasteiger partial charge is 0.273 e. The summed E-state index contributed by atoms with van der Waals surface area (Å²) < 4.78 is 22.8. The Morgan fingerprint density at radius 1 is 1.29 bits per heavy atom. The number of hydrogen-bond acceptors (Lipinski definition) is 7. The van der Waals surface area contributed by atoms with Gasteiger partial charge in [-0.15, -0.1) is 0 Å². The van der Waals surface area contributed by atoms with Crippen molar-refractivity contribution in [1.29, 1.82) is 0 Å². The van der Waals surface area contributed by atoms with Crippen molar-refractivity contribution in [2.24, 2.45) is 5.10 Å². The van der Waals surface area contributed by atoms with Crippen molar-refractivity contribution < 1.29 is 23.7 Å². The molecule has 8 nitrogen and oxygen atoms in total. The Morgan fingerprint density at radius 2 is 2.00 bits per heavy atom. The maximum atomic E-state index is 12.8. The van der Waals surface area contributed by atoms with Crippen LogP contribution in [-0.4, -0.2) is 53.1 Å². The fourth-order valence-corrected chi connectivity index (χ4v) is 3.77. The van der Waals surface area contributed by atoms with Gasteiger partial charge in [-0.1, -0.05) is 6.07 Å². The van der Waals surface area contributed by atoms with Crippen LogP contribution < -0.4 is 24.5 Å². The van der Waals surface area contributed by atoms with Gasteiger partial charge < -0.3 is 23.8 Å². The van der Waals surface area contributed by atoms with Crippen molar-refractivity contribution in [3.05, 3.63) is 45.9 Å². The van der Waals surface area contributed by atoms with E-state index in [0.717, 1.165) is 18.0 Å². The van der Waals surface area contributed by atoms with Crippen LogP contribution in [-0.2, 0) is 9.53 Å². The lowest BCUT2D eigenvalue weighted by Crippen LogP contribution is -2.30. The van der Waals surface area contributed by atoms with Crippen LogP contribution in [0.1, 0.15) is 24.2 Å². The fraction of sp³-hybridized carbons (Fsp3) is 0.364. The Hall–Kier alpha value is -2.78. The first kappa shape index (κ1) is 22.9. The van der Waals surface area contributed by atoms with Crippen LogP contribution in [0.25, 0.3) is 0 Å². The van der Waals surface area contributed by atoms with E-state index in [2.05, 4.69) is 31.4 Å². The third-order valence-electron chi connectivity index (χ3n) is 4.81. The topological polar surface area (TPSA) is 81.6 Å². The number of nitrogens with zero attached hydrogens (tertiary/aromatic N) is 2. The number of halogens is 1. The number of benzene rings is 2. The summed E-state index contributed by atoms with van der Waals surface area (Å²) in [5, 5.41) is 4.08. The molecule has 0 aliphatic carbocycles. The van der Waals surface area contributed by atoms with Gasteiger partial charge in [-0.25, -0.2) is 5.43 Å². The zero-order valence-electron chi connectivity index (χ0n) is 18.0. The molecule has 0 saturated carbocycles. The number of fused-ring (bicyclic) bond motifs is 1. The Labute approximate surface area is 190 Å². The molecular formula is C22H26BrN3O5. The summed E-state index contributed by atoms with van der Waals surface area (Å²) in [4.78, 5) is 14.9. The Kier molecular flexibility index (Phi) is 7.75. The van der Waals surface area contributed by atoms with Crippen LogP contribution in [0.2, 0.25) is 0 Å². The summed E-state index contributed by atoms with van der Waals surface area (Å²) in [6, 6.07) is 9.21. The number of amides is 1. The highest BCUT2D eigenvalue weighted by Gasteiger charge is 2.24. The molecule has 1 heterocycles. The summed E-state index contributed by atoms with van der Waals surface area (Å²) >= 11 is 3.43. The second-order valence-corrected chi connectivity index (χ2v) is 7.60. The molecule has 31 heavy (non-hydrogen) atoms. The number of likely N-dealkylation sites (N-methyl/N-ethyl adjacent to an activating group) is 1. The quantitative estimate of drug-likeness (QED) is 0.449. The van der Waals surface area contributed by atoms with Crippen molar-refractivity contribution in [2.45, 2.75) is 13.0 Å². The molecule has 0 aromatic heterocycles. The van der Waals surface area contributed by atoms with Gasteiger partial charge in [-0.05, 0) is 52.7 Å². The molecule has 0 bridgehead atoms. The molecule has 1 aliphatic rings. The third-order valence-corrected chi connectivity index (χ3v) is 5.59. The Morgan fingerprint density at radius 3 is 2.65 bits per heavy atom. The average molecular weight is 492 g/mol.